The number of hydrogen-bond donors (Lipinski definition) is 1. The average Bonchev–Trinajstić information content (AvgIpc) is 2.19. The van der Waals surface area contributed by atoms with Gasteiger partial charge in [0.25, 0.3) is 0 Å². The quantitative estimate of drug-likeness (QED) is 0.715. The molecule has 0 amide bonds. The highest BCUT2D eigenvalue weighted by Crippen LogP contribution is 2.05. The molecule has 1 rings (SSSR count). The van der Waals surface area contributed by atoms with Crippen molar-refractivity contribution in [3.05, 3.63) is 0 Å². The minimum absolute atomic E-state index is 0.387. The Labute approximate surface area is 87.8 Å². The second-order valence-corrected chi connectivity index (χ2v) is 4.43. The van der Waals surface area contributed by atoms with E-state index in [0.29, 0.717) is 6.10 Å². The molecule has 3 nitrogen and oxygen atoms in total. The maximum Gasteiger partial charge on any atom is 0.0826 e. The van der Waals surface area contributed by atoms with Gasteiger partial charge in [-0.15, -0.1) is 0 Å². The van der Waals surface area contributed by atoms with Gasteiger partial charge in [-0.25, -0.2) is 0 Å². The molecule has 0 aromatic rings. The minimum Gasteiger partial charge on any atom is -0.374 e. The van der Waals surface area contributed by atoms with Gasteiger partial charge in [0, 0.05) is 26.2 Å². The molecule has 1 aliphatic rings. The first-order valence-corrected chi connectivity index (χ1v) is 5.73. The number of rotatable bonds is 5. The molecule has 2 unspecified atom stereocenters. The summed E-state index contributed by atoms with van der Waals surface area (Å²) in [6.07, 6.45) is 1.64. The predicted molar refractivity (Wildman–Crippen MR) is 59.6 cm³/mol. The molecule has 1 aliphatic heterocycles. The van der Waals surface area contributed by atoms with Crippen molar-refractivity contribution in [3.63, 3.8) is 0 Å². The molecule has 14 heavy (non-hydrogen) atoms. The lowest BCUT2D eigenvalue weighted by Gasteiger charge is -2.29. The lowest BCUT2D eigenvalue weighted by atomic mass is 10.1. The van der Waals surface area contributed by atoms with Crippen molar-refractivity contribution < 1.29 is 4.74 Å². The van der Waals surface area contributed by atoms with Gasteiger partial charge < -0.3 is 15.0 Å². The number of ether oxygens (including phenoxy) is 1. The molecule has 0 bridgehead atoms. The molecule has 1 N–H and O–H groups in total. The van der Waals surface area contributed by atoms with Gasteiger partial charge in [0.1, 0.15) is 0 Å². The maximum atomic E-state index is 5.66. The van der Waals surface area contributed by atoms with Gasteiger partial charge in [0.15, 0.2) is 0 Å². The molecule has 0 radical (unpaired) electrons. The zero-order valence-corrected chi connectivity index (χ0v) is 9.75. The molecule has 2 atom stereocenters. The van der Waals surface area contributed by atoms with Gasteiger partial charge in [0.2, 0.25) is 0 Å². The minimum atomic E-state index is 0.387. The van der Waals surface area contributed by atoms with E-state index in [1.807, 2.05) is 0 Å². The highest BCUT2D eigenvalue weighted by atomic mass is 16.5. The third kappa shape index (κ3) is 4.40. The van der Waals surface area contributed by atoms with Crippen LogP contribution in [-0.2, 0) is 4.74 Å². The van der Waals surface area contributed by atoms with Crippen LogP contribution in [-0.4, -0.2) is 50.8 Å². The van der Waals surface area contributed by atoms with Gasteiger partial charge in [-0.3, -0.25) is 0 Å². The van der Waals surface area contributed by atoms with E-state index in [4.69, 9.17) is 4.74 Å². The van der Waals surface area contributed by atoms with Crippen molar-refractivity contribution in [2.75, 3.05) is 39.8 Å². The zero-order valence-electron chi connectivity index (χ0n) is 9.75. The Kier molecular flexibility index (Phi) is 5.45. The third-order valence-electron chi connectivity index (χ3n) is 2.84. The molecule has 0 spiro atoms. The van der Waals surface area contributed by atoms with Crippen LogP contribution < -0.4 is 5.32 Å². The van der Waals surface area contributed by atoms with Crippen LogP contribution in [0.2, 0.25) is 0 Å². The van der Waals surface area contributed by atoms with E-state index in [1.54, 1.807) is 0 Å². The van der Waals surface area contributed by atoms with Crippen molar-refractivity contribution in [1.82, 2.24) is 10.2 Å². The van der Waals surface area contributed by atoms with Crippen LogP contribution in [0, 0.1) is 5.92 Å². The Bertz CT molecular complexity index is 146. The first-order chi connectivity index (χ1) is 6.72. The summed E-state index contributed by atoms with van der Waals surface area (Å²) in [5.41, 5.74) is 0. The number of nitrogens with one attached hydrogen (secondary N) is 1. The van der Waals surface area contributed by atoms with Crippen molar-refractivity contribution in [1.29, 1.82) is 0 Å². The van der Waals surface area contributed by atoms with Crippen LogP contribution >= 0.6 is 0 Å². The average molecular weight is 200 g/mol. The van der Waals surface area contributed by atoms with E-state index in [0.717, 1.165) is 32.2 Å². The third-order valence-corrected chi connectivity index (χ3v) is 2.84. The fraction of sp³-hybridized carbons (Fsp3) is 1.00. The van der Waals surface area contributed by atoms with E-state index in [9.17, 15) is 0 Å². The number of likely N-dealkylation sites (N-methyl/N-ethyl adjacent to an activating group) is 1. The van der Waals surface area contributed by atoms with Crippen LogP contribution in [0.5, 0.6) is 0 Å². The van der Waals surface area contributed by atoms with Crippen molar-refractivity contribution in [2.24, 2.45) is 5.92 Å². The first kappa shape index (κ1) is 12.0. The molecule has 0 aliphatic carbocycles. The second-order valence-electron chi connectivity index (χ2n) is 4.43. The summed E-state index contributed by atoms with van der Waals surface area (Å²) >= 11 is 0. The molecule has 0 aromatic carbocycles. The maximum absolute atomic E-state index is 5.66. The summed E-state index contributed by atoms with van der Waals surface area (Å²) in [6.45, 7) is 9.65. The Morgan fingerprint density at radius 2 is 2.36 bits per heavy atom. The monoisotopic (exact) mass is 200 g/mol. The molecule has 0 aromatic heterocycles. The van der Waals surface area contributed by atoms with Crippen molar-refractivity contribution >= 4 is 0 Å². The largest absolute Gasteiger partial charge is 0.374 e. The van der Waals surface area contributed by atoms with Gasteiger partial charge in [-0.1, -0.05) is 20.3 Å². The molecule has 1 heterocycles. The van der Waals surface area contributed by atoms with Crippen LogP contribution in [0.4, 0.5) is 0 Å². The predicted octanol–water partition coefficient (Wildman–Crippen LogP) is 0.953. The lowest BCUT2D eigenvalue weighted by molar-refractivity contribution is 0.00813. The lowest BCUT2D eigenvalue weighted by Crippen LogP contribution is -2.45. The van der Waals surface area contributed by atoms with Gasteiger partial charge >= 0.3 is 0 Å². The summed E-state index contributed by atoms with van der Waals surface area (Å²) in [7, 11) is 2.18. The summed E-state index contributed by atoms with van der Waals surface area (Å²) in [6, 6.07) is 0. The summed E-state index contributed by atoms with van der Waals surface area (Å²) in [5.74, 6) is 0.788. The smallest absolute Gasteiger partial charge is 0.0826 e. The Balaban J connectivity index is 2.14. The molecule has 3 heteroatoms. The fourth-order valence-corrected chi connectivity index (χ4v) is 1.82. The number of hydrogen-bond acceptors (Lipinski definition) is 3. The van der Waals surface area contributed by atoms with Crippen LogP contribution in [0.3, 0.4) is 0 Å². The molecule has 1 fully saturated rings. The standard InChI is InChI=1S/C11H24N2O/c1-4-10(2)8-13(3)9-11-7-12-5-6-14-11/h10-12H,4-9H2,1-3H3. The van der Waals surface area contributed by atoms with E-state index >= 15 is 0 Å². The highest BCUT2D eigenvalue weighted by molar-refractivity contribution is 4.71. The number of morpholine rings is 1. The Morgan fingerprint density at radius 3 is 2.93 bits per heavy atom. The molecule has 0 saturated carbocycles. The fourth-order valence-electron chi connectivity index (χ4n) is 1.82. The Hall–Kier alpha value is -0.120. The van der Waals surface area contributed by atoms with E-state index in [1.165, 1.54) is 13.0 Å². The number of nitrogens with zero attached hydrogens (tertiary/aromatic N) is 1. The van der Waals surface area contributed by atoms with Crippen LogP contribution in [0.25, 0.3) is 0 Å². The molecular weight excluding hydrogens is 176 g/mol. The van der Waals surface area contributed by atoms with Crippen molar-refractivity contribution in [3.8, 4) is 0 Å². The van der Waals surface area contributed by atoms with Gasteiger partial charge in [-0.2, -0.15) is 0 Å². The zero-order chi connectivity index (χ0) is 10.4. The highest BCUT2D eigenvalue weighted by Gasteiger charge is 2.15. The van der Waals surface area contributed by atoms with E-state index in [2.05, 4.69) is 31.1 Å². The Morgan fingerprint density at radius 1 is 1.57 bits per heavy atom. The first-order valence-electron chi connectivity index (χ1n) is 5.73. The molecule has 84 valence electrons. The van der Waals surface area contributed by atoms with Crippen LogP contribution in [0.15, 0.2) is 0 Å². The second kappa shape index (κ2) is 6.38. The van der Waals surface area contributed by atoms with Crippen LogP contribution in [0.1, 0.15) is 20.3 Å². The summed E-state index contributed by atoms with van der Waals surface area (Å²) in [5, 5.41) is 3.36. The summed E-state index contributed by atoms with van der Waals surface area (Å²) < 4.78 is 5.66. The molecule has 1 saturated heterocycles. The van der Waals surface area contributed by atoms with Crippen molar-refractivity contribution in [2.45, 2.75) is 26.4 Å². The normalized spacial score (nSPS) is 25.3. The summed E-state index contributed by atoms with van der Waals surface area (Å²) in [4.78, 5) is 2.38. The van der Waals surface area contributed by atoms with E-state index in [-0.39, 0.29) is 0 Å². The topological polar surface area (TPSA) is 24.5 Å². The SMILES string of the molecule is CCC(C)CN(C)CC1CNCCO1. The molecular formula is C11H24N2O. The van der Waals surface area contributed by atoms with Gasteiger partial charge in [-0.05, 0) is 13.0 Å². The van der Waals surface area contributed by atoms with E-state index < -0.39 is 0 Å². The van der Waals surface area contributed by atoms with Gasteiger partial charge in [0.05, 0.1) is 12.7 Å².